The normalized spacial score (nSPS) is 12.6. The fourth-order valence-electron chi connectivity index (χ4n) is 12.0. The smallest absolute Gasteiger partial charge is 0.305 e. The van der Waals surface area contributed by atoms with Crippen LogP contribution in [0, 0.1) is 0 Å². The minimum Gasteiger partial charge on any atom is -0.466 e. The molecule has 1 amide bonds. The number of unbranched alkanes of at least 4 members (excludes halogenated alkanes) is 58. The molecule has 0 aromatic carbocycles. The van der Waals surface area contributed by atoms with Crippen molar-refractivity contribution in [3.8, 4) is 0 Å². The zero-order chi connectivity index (χ0) is 59.2. The maximum absolute atomic E-state index is 12.5. The van der Waals surface area contributed by atoms with E-state index in [1.807, 2.05) is 6.08 Å². The van der Waals surface area contributed by atoms with Crippen LogP contribution in [0.4, 0.5) is 0 Å². The number of carbonyl (C=O) groups excluding carboxylic acids is 2. The summed E-state index contributed by atoms with van der Waals surface area (Å²) in [5, 5.41) is 23.3. The Morgan fingerprint density at radius 3 is 0.878 bits per heavy atom. The van der Waals surface area contributed by atoms with Gasteiger partial charge in [0, 0.05) is 12.8 Å². The minimum absolute atomic E-state index is 0.0113. The maximum Gasteiger partial charge on any atom is 0.305 e. The van der Waals surface area contributed by atoms with E-state index in [2.05, 4.69) is 31.3 Å². The lowest BCUT2D eigenvalue weighted by Gasteiger charge is -2.20. The molecule has 0 aromatic rings. The van der Waals surface area contributed by atoms with Gasteiger partial charge in [0.1, 0.15) is 0 Å². The van der Waals surface area contributed by atoms with Crippen LogP contribution < -0.4 is 5.32 Å². The Morgan fingerprint density at radius 1 is 0.329 bits per heavy atom. The minimum atomic E-state index is -0.843. The predicted octanol–water partition coefficient (Wildman–Crippen LogP) is 24.5. The SMILES string of the molecule is CCCCCC/C=C\CCCCCCCC(=O)OCCCCCCCCCCCCCCCCCCCCCCCCCCCCCCCCC(=O)NC(CO)C(O)/C=C/CCCCCCCCCCCCCCCCCCCCCC. The van der Waals surface area contributed by atoms with Crippen molar-refractivity contribution in [1.82, 2.24) is 5.32 Å². The van der Waals surface area contributed by atoms with E-state index in [1.54, 1.807) is 6.08 Å². The van der Waals surface area contributed by atoms with Crippen molar-refractivity contribution in [3.05, 3.63) is 24.3 Å². The van der Waals surface area contributed by atoms with Crippen LogP contribution in [0.2, 0.25) is 0 Å². The summed E-state index contributed by atoms with van der Waals surface area (Å²) in [5.41, 5.74) is 0. The molecule has 6 nitrogen and oxygen atoms in total. The molecule has 82 heavy (non-hydrogen) atoms. The summed E-state index contributed by atoms with van der Waals surface area (Å²) in [6, 6.07) is -0.626. The number of rotatable bonds is 71. The van der Waals surface area contributed by atoms with Gasteiger partial charge in [-0.05, 0) is 57.8 Å². The molecule has 0 radical (unpaired) electrons. The quantitative estimate of drug-likeness (QED) is 0.0320. The van der Waals surface area contributed by atoms with Crippen molar-refractivity contribution >= 4 is 11.9 Å². The molecule has 486 valence electrons. The van der Waals surface area contributed by atoms with E-state index < -0.39 is 12.1 Å². The second kappa shape index (κ2) is 71.8. The van der Waals surface area contributed by atoms with Crippen molar-refractivity contribution < 1.29 is 24.5 Å². The van der Waals surface area contributed by atoms with Crippen LogP contribution in [0.15, 0.2) is 24.3 Å². The topological polar surface area (TPSA) is 95.9 Å². The molecule has 0 saturated carbocycles. The van der Waals surface area contributed by atoms with E-state index in [1.165, 1.54) is 353 Å². The van der Waals surface area contributed by atoms with E-state index in [-0.39, 0.29) is 18.5 Å². The summed E-state index contributed by atoms with van der Waals surface area (Å²) in [6.45, 7) is 4.93. The zero-order valence-electron chi connectivity index (χ0n) is 55.8. The van der Waals surface area contributed by atoms with Crippen LogP contribution in [0.3, 0.4) is 0 Å². The number of allylic oxidation sites excluding steroid dienone is 3. The molecule has 0 aromatic heterocycles. The summed E-state index contributed by atoms with van der Waals surface area (Å²) >= 11 is 0. The third-order valence-corrected chi connectivity index (χ3v) is 17.7. The number of aliphatic hydroxyl groups excluding tert-OH is 2. The average molecular weight is 1160 g/mol. The fraction of sp³-hybridized carbons (Fsp3) is 0.921. The average Bonchev–Trinajstić information content (AvgIpc) is 3.48. The van der Waals surface area contributed by atoms with Crippen molar-refractivity contribution in [3.63, 3.8) is 0 Å². The molecule has 0 aliphatic rings. The van der Waals surface area contributed by atoms with Gasteiger partial charge < -0.3 is 20.3 Å². The van der Waals surface area contributed by atoms with Gasteiger partial charge in [0.15, 0.2) is 0 Å². The molecule has 0 aliphatic carbocycles. The van der Waals surface area contributed by atoms with Gasteiger partial charge in [-0.3, -0.25) is 9.59 Å². The molecule has 2 unspecified atom stereocenters. The Hall–Kier alpha value is -1.66. The molecular weight excluding hydrogens is 1010 g/mol. The van der Waals surface area contributed by atoms with E-state index >= 15 is 0 Å². The van der Waals surface area contributed by atoms with Gasteiger partial charge in [0.2, 0.25) is 5.91 Å². The van der Waals surface area contributed by atoms with E-state index in [0.29, 0.717) is 19.4 Å². The van der Waals surface area contributed by atoms with Crippen LogP contribution in [0.5, 0.6) is 0 Å². The highest BCUT2D eigenvalue weighted by Gasteiger charge is 2.18. The summed E-state index contributed by atoms with van der Waals surface area (Å²) in [4.78, 5) is 24.6. The van der Waals surface area contributed by atoms with Crippen molar-refractivity contribution in [2.45, 2.75) is 437 Å². The molecule has 0 heterocycles. The molecule has 0 rings (SSSR count). The fourth-order valence-corrected chi connectivity index (χ4v) is 12.0. The summed E-state index contributed by atoms with van der Waals surface area (Å²) in [5.74, 6) is -0.0481. The molecule has 0 saturated heterocycles. The Bertz CT molecular complexity index is 1280. The molecule has 6 heteroatoms. The highest BCUT2D eigenvalue weighted by atomic mass is 16.5. The largest absolute Gasteiger partial charge is 0.466 e. The van der Waals surface area contributed by atoms with Gasteiger partial charge in [-0.1, -0.05) is 378 Å². The first-order valence-corrected chi connectivity index (χ1v) is 37.6. The van der Waals surface area contributed by atoms with Gasteiger partial charge in [0.25, 0.3) is 0 Å². The van der Waals surface area contributed by atoms with Crippen LogP contribution in [0.1, 0.15) is 425 Å². The number of carbonyl (C=O) groups is 2. The predicted molar refractivity (Wildman–Crippen MR) is 361 cm³/mol. The summed E-state index contributed by atoms with van der Waals surface area (Å²) in [6.07, 6.45) is 91.4. The highest BCUT2D eigenvalue weighted by molar-refractivity contribution is 5.76. The molecule has 0 bridgehead atoms. The van der Waals surface area contributed by atoms with Gasteiger partial charge in [-0.25, -0.2) is 0 Å². The number of esters is 1. The third kappa shape index (κ3) is 67.5. The van der Waals surface area contributed by atoms with E-state index in [0.717, 1.165) is 44.9 Å². The second-order valence-corrected chi connectivity index (χ2v) is 26.0. The standard InChI is InChI=1S/C76H147NO5/c1-3-5-7-9-11-13-15-17-18-19-20-21-32-35-38-41-45-48-52-56-60-64-68-74(79)73(72-78)77-75(80)69-65-61-57-53-49-46-42-39-36-33-30-28-26-24-22-23-25-27-29-31-34-37-40-43-47-51-55-59-63-67-71-82-76(81)70-66-62-58-54-50-44-16-14-12-10-8-6-4-2/h14,16,64,68,73-74,78-79H,3-13,15,17-63,65-67,69-72H2,1-2H3,(H,77,80)/b16-14-,68-64+. The van der Waals surface area contributed by atoms with Crippen molar-refractivity contribution in [2.24, 2.45) is 0 Å². The van der Waals surface area contributed by atoms with Crippen LogP contribution in [-0.2, 0) is 14.3 Å². The third-order valence-electron chi connectivity index (χ3n) is 17.7. The number of hydrogen-bond acceptors (Lipinski definition) is 5. The molecular formula is C76H147NO5. The highest BCUT2D eigenvalue weighted by Crippen LogP contribution is 2.19. The molecule has 3 N–H and O–H groups in total. The van der Waals surface area contributed by atoms with E-state index in [9.17, 15) is 19.8 Å². The number of amides is 1. The number of hydrogen-bond donors (Lipinski definition) is 3. The van der Waals surface area contributed by atoms with Crippen LogP contribution in [-0.4, -0.2) is 47.4 Å². The van der Waals surface area contributed by atoms with Crippen LogP contribution >= 0.6 is 0 Å². The number of aliphatic hydroxyl groups is 2. The van der Waals surface area contributed by atoms with Gasteiger partial charge in [0.05, 0.1) is 25.4 Å². The van der Waals surface area contributed by atoms with Gasteiger partial charge >= 0.3 is 5.97 Å². The Kier molecular flexibility index (Phi) is 70.4. The first-order chi connectivity index (χ1) is 40.5. The monoisotopic (exact) mass is 1150 g/mol. The molecule has 0 fully saturated rings. The van der Waals surface area contributed by atoms with E-state index in [4.69, 9.17) is 4.74 Å². The number of ether oxygens (including phenoxy) is 1. The van der Waals surface area contributed by atoms with Crippen molar-refractivity contribution in [2.75, 3.05) is 13.2 Å². The second-order valence-electron chi connectivity index (χ2n) is 26.0. The first-order valence-electron chi connectivity index (χ1n) is 37.6. The van der Waals surface area contributed by atoms with Crippen molar-refractivity contribution in [1.29, 1.82) is 0 Å². The summed E-state index contributed by atoms with van der Waals surface area (Å²) in [7, 11) is 0. The van der Waals surface area contributed by atoms with Gasteiger partial charge in [-0.2, -0.15) is 0 Å². The zero-order valence-corrected chi connectivity index (χ0v) is 55.8. The molecule has 2 atom stereocenters. The van der Waals surface area contributed by atoms with Gasteiger partial charge in [-0.15, -0.1) is 0 Å². The number of nitrogens with one attached hydrogen (secondary N) is 1. The Balaban J connectivity index is 3.36. The summed E-state index contributed by atoms with van der Waals surface area (Å²) < 4.78 is 5.49. The lowest BCUT2D eigenvalue weighted by atomic mass is 10.0. The first kappa shape index (κ1) is 80.3. The molecule has 0 spiro atoms. The lowest BCUT2D eigenvalue weighted by molar-refractivity contribution is -0.143. The molecule has 0 aliphatic heterocycles. The lowest BCUT2D eigenvalue weighted by Crippen LogP contribution is -2.45. The van der Waals surface area contributed by atoms with Crippen LogP contribution in [0.25, 0.3) is 0 Å². The maximum atomic E-state index is 12.5. The Morgan fingerprint density at radius 2 is 0.573 bits per heavy atom. The Labute approximate surface area is 513 Å².